The van der Waals surface area contributed by atoms with Gasteiger partial charge in [-0.2, -0.15) is 0 Å². The highest BCUT2D eigenvalue weighted by Crippen LogP contribution is 2.61. The number of nitrogens with one attached hydrogen (secondary N) is 3. The number of amides is 3. The quantitative estimate of drug-likeness (QED) is 0.582. The van der Waals surface area contributed by atoms with Gasteiger partial charge in [0.1, 0.15) is 0 Å². The summed E-state index contributed by atoms with van der Waals surface area (Å²) in [6.45, 7) is 0.331. The molecule has 0 aromatic rings. The summed E-state index contributed by atoms with van der Waals surface area (Å²) in [7, 11) is 0. The molecule has 3 amide bonds. The molecule has 5 fully saturated rings. The van der Waals surface area contributed by atoms with Crippen molar-refractivity contribution in [2.75, 3.05) is 13.1 Å². The summed E-state index contributed by atoms with van der Waals surface area (Å²) in [4.78, 5) is 36.5. The first-order chi connectivity index (χ1) is 14.0. The van der Waals surface area contributed by atoms with Crippen LogP contribution in [0.5, 0.6) is 0 Å². The third-order valence-corrected chi connectivity index (χ3v) is 7.79. The molecular weight excluding hydrogens is 366 g/mol. The van der Waals surface area contributed by atoms with Crippen LogP contribution in [0.4, 0.5) is 0 Å². The van der Waals surface area contributed by atoms with Gasteiger partial charge in [-0.25, -0.2) is 0 Å². The molecule has 5 saturated carbocycles. The Hall–Kier alpha value is -1.59. The van der Waals surface area contributed by atoms with E-state index in [2.05, 4.69) is 16.0 Å². The largest absolute Gasteiger partial charge is 0.354 e. The molecule has 5 aliphatic carbocycles. The topological polar surface area (TPSA) is 87.3 Å². The summed E-state index contributed by atoms with van der Waals surface area (Å²) >= 11 is 0. The van der Waals surface area contributed by atoms with Crippen LogP contribution in [0.25, 0.3) is 0 Å². The fraction of sp³-hybridized carbons (Fsp3) is 0.870. The maximum absolute atomic E-state index is 12.5. The molecule has 0 atom stereocenters. The van der Waals surface area contributed by atoms with E-state index in [0.29, 0.717) is 25.4 Å². The zero-order valence-corrected chi connectivity index (χ0v) is 17.6. The molecule has 162 valence electrons. The lowest BCUT2D eigenvalue weighted by Gasteiger charge is -2.56. The third-order valence-electron chi connectivity index (χ3n) is 7.79. The van der Waals surface area contributed by atoms with Crippen molar-refractivity contribution in [3.8, 4) is 0 Å². The van der Waals surface area contributed by atoms with Crippen LogP contribution in [0.2, 0.25) is 0 Å². The second kappa shape index (κ2) is 9.05. The molecular formula is C23H37N3O3. The van der Waals surface area contributed by atoms with Gasteiger partial charge >= 0.3 is 0 Å². The fourth-order valence-electron chi connectivity index (χ4n) is 7.01. The second-order valence-electron chi connectivity index (χ2n) is 10.4. The molecule has 29 heavy (non-hydrogen) atoms. The van der Waals surface area contributed by atoms with Gasteiger partial charge in [0.2, 0.25) is 17.7 Å². The predicted octanol–water partition coefficient (Wildman–Crippen LogP) is 2.66. The van der Waals surface area contributed by atoms with Crippen molar-refractivity contribution < 1.29 is 14.4 Å². The zero-order chi connectivity index (χ0) is 20.3. The first-order valence-electron chi connectivity index (χ1n) is 11.8. The minimum absolute atomic E-state index is 0.00283. The fourth-order valence-corrected chi connectivity index (χ4v) is 7.01. The Labute approximate surface area is 174 Å². The molecule has 0 aromatic heterocycles. The molecule has 4 bridgehead atoms. The lowest BCUT2D eigenvalue weighted by atomic mass is 9.49. The zero-order valence-electron chi connectivity index (χ0n) is 17.6. The van der Waals surface area contributed by atoms with Gasteiger partial charge in [-0.3, -0.25) is 14.4 Å². The molecule has 5 aliphatic rings. The van der Waals surface area contributed by atoms with Crippen LogP contribution >= 0.6 is 0 Å². The molecule has 5 rings (SSSR count). The summed E-state index contributed by atoms with van der Waals surface area (Å²) in [5.41, 5.74) is 0.201. The summed E-state index contributed by atoms with van der Waals surface area (Å²) in [5.74, 6) is 2.29. The van der Waals surface area contributed by atoms with E-state index in [0.717, 1.165) is 30.6 Å². The summed E-state index contributed by atoms with van der Waals surface area (Å²) in [5, 5.41) is 8.62. The summed E-state index contributed by atoms with van der Waals surface area (Å²) < 4.78 is 0. The van der Waals surface area contributed by atoms with E-state index in [1.54, 1.807) is 0 Å². The Balaban J connectivity index is 1.10. The predicted molar refractivity (Wildman–Crippen MR) is 111 cm³/mol. The van der Waals surface area contributed by atoms with Gasteiger partial charge in [-0.15, -0.1) is 0 Å². The van der Waals surface area contributed by atoms with Gasteiger partial charge in [-0.1, -0.05) is 19.3 Å². The van der Waals surface area contributed by atoms with Gasteiger partial charge in [-0.05, 0) is 74.5 Å². The normalized spacial score (nSPS) is 33.3. The van der Waals surface area contributed by atoms with Gasteiger partial charge in [0, 0.05) is 25.4 Å². The number of rotatable bonds is 8. The van der Waals surface area contributed by atoms with Crippen LogP contribution < -0.4 is 16.0 Å². The number of carbonyl (C=O) groups is 3. The van der Waals surface area contributed by atoms with Crippen molar-refractivity contribution in [2.24, 2.45) is 23.2 Å². The van der Waals surface area contributed by atoms with E-state index in [1.807, 2.05) is 0 Å². The molecule has 3 N–H and O–H groups in total. The van der Waals surface area contributed by atoms with E-state index in [1.165, 1.54) is 57.8 Å². The molecule has 0 aromatic carbocycles. The van der Waals surface area contributed by atoms with Crippen LogP contribution in [0.15, 0.2) is 0 Å². The minimum Gasteiger partial charge on any atom is -0.354 e. The SMILES string of the molecule is O=C(CNC(=O)CC12CC3CC(CC(C3)C1)C2)NCCC(=O)NC1CCCCC1. The molecule has 6 heteroatoms. The van der Waals surface area contributed by atoms with Crippen LogP contribution in [0.3, 0.4) is 0 Å². The lowest BCUT2D eigenvalue weighted by molar-refractivity contribution is -0.132. The maximum atomic E-state index is 12.5. The first kappa shape index (κ1) is 20.7. The Morgan fingerprint density at radius 1 is 0.759 bits per heavy atom. The van der Waals surface area contributed by atoms with E-state index < -0.39 is 0 Å². The van der Waals surface area contributed by atoms with Gasteiger partial charge in [0.25, 0.3) is 0 Å². The average Bonchev–Trinajstić information content (AvgIpc) is 2.66. The van der Waals surface area contributed by atoms with Crippen molar-refractivity contribution in [2.45, 2.75) is 89.5 Å². The van der Waals surface area contributed by atoms with Crippen molar-refractivity contribution in [3.63, 3.8) is 0 Å². The van der Waals surface area contributed by atoms with Crippen LogP contribution in [0, 0.1) is 23.2 Å². The van der Waals surface area contributed by atoms with Crippen molar-refractivity contribution in [1.29, 1.82) is 0 Å². The maximum Gasteiger partial charge on any atom is 0.239 e. The number of hydrogen-bond donors (Lipinski definition) is 3. The molecule has 0 unspecified atom stereocenters. The van der Waals surface area contributed by atoms with Gasteiger partial charge in [0.05, 0.1) is 6.54 Å². The monoisotopic (exact) mass is 403 g/mol. The van der Waals surface area contributed by atoms with Crippen LogP contribution in [0.1, 0.15) is 83.5 Å². The summed E-state index contributed by atoms with van der Waals surface area (Å²) in [6.07, 6.45) is 14.4. The van der Waals surface area contributed by atoms with Gasteiger partial charge in [0.15, 0.2) is 0 Å². The van der Waals surface area contributed by atoms with Crippen LogP contribution in [-0.4, -0.2) is 36.9 Å². The minimum atomic E-state index is -0.214. The van der Waals surface area contributed by atoms with Crippen molar-refractivity contribution >= 4 is 17.7 Å². The van der Waals surface area contributed by atoms with E-state index in [4.69, 9.17) is 0 Å². The highest BCUT2D eigenvalue weighted by molar-refractivity contribution is 5.85. The standard InChI is InChI=1S/C23H37N3O3/c27-20(26-19-4-2-1-3-5-19)6-7-24-22(29)15-25-21(28)14-23-11-16-8-17(12-23)10-18(9-16)13-23/h16-19H,1-15H2,(H,24,29)(H,25,28)(H,26,27). The average molecular weight is 404 g/mol. The molecule has 0 heterocycles. The molecule has 0 radical (unpaired) electrons. The van der Waals surface area contributed by atoms with E-state index in [9.17, 15) is 14.4 Å². The Morgan fingerprint density at radius 2 is 1.38 bits per heavy atom. The molecule has 6 nitrogen and oxygen atoms in total. The van der Waals surface area contributed by atoms with E-state index in [-0.39, 0.29) is 29.7 Å². The Bertz CT molecular complexity index is 592. The smallest absolute Gasteiger partial charge is 0.239 e. The Kier molecular flexibility index (Phi) is 6.45. The van der Waals surface area contributed by atoms with Crippen molar-refractivity contribution in [1.82, 2.24) is 16.0 Å². The second-order valence-corrected chi connectivity index (χ2v) is 10.4. The summed E-state index contributed by atoms with van der Waals surface area (Å²) in [6, 6.07) is 0.302. The highest BCUT2D eigenvalue weighted by atomic mass is 16.2. The highest BCUT2D eigenvalue weighted by Gasteiger charge is 2.51. The molecule has 0 aliphatic heterocycles. The van der Waals surface area contributed by atoms with Crippen molar-refractivity contribution in [3.05, 3.63) is 0 Å². The van der Waals surface area contributed by atoms with Crippen LogP contribution in [-0.2, 0) is 14.4 Å². The number of carbonyl (C=O) groups excluding carboxylic acids is 3. The Morgan fingerprint density at radius 3 is 2.00 bits per heavy atom. The first-order valence-corrected chi connectivity index (χ1v) is 11.8. The van der Waals surface area contributed by atoms with E-state index >= 15 is 0 Å². The van der Waals surface area contributed by atoms with Gasteiger partial charge < -0.3 is 16.0 Å². The lowest BCUT2D eigenvalue weighted by Crippen LogP contribution is -2.48. The number of hydrogen-bond acceptors (Lipinski definition) is 3. The third kappa shape index (κ3) is 5.52. The molecule has 0 spiro atoms. The molecule has 0 saturated heterocycles.